The zero-order chi connectivity index (χ0) is 13.2. The number of hydrogen-bond acceptors (Lipinski definition) is 2. The minimum absolute atomic E-state index is 0.180. The summed E-state index contributed by atoms with van der Waals surface area (Å²) >= 11 is 3.46. The molecule has 0 radical (unpaired) electrons. The predicted molar refractivity (Wildman–Crippen MR) is 78.7 cm³/mol. The van der Waals surface area contributed by atoms with E-state index in [2.05, 4.69) is 66.3 Å². The first-order valence-corrected chi connectivity index (χ1v) is 7.35. The van der Waals surface area contributed by atoms with E-state index in [1.54, 1.807) is 0 Å². The lowest BCUT2D eigenvalue weighted by Gasteiger charge is -2.34. The molecule has 1 aromatic rings. The average Bonchev–Trinajstić information content (AvgIpc) is 2.28. The lowest BCUT2D eigenvalue weighted by atomic mass is 9.88. The van der Waals surface area contributed by atoms with Crippen molar-refractivity contribution in [3.63, 3.8) is 0 Å². The third-order valence-corrected chi connectivity index (χ3v) is 3.67. The van der Waals surface area contributed by atoms with Crippen LogP contribution in [0.5, 0.6) is 0 Å². The SMILES string of the molecule is CC(C)(C)CC1CNCC(c2ccc(Br)cc2)O1. The third kappa shape index (κ3) is 4.08. The summed E-state index contributed by atoms with van der Waals surface area (Å²) < 4.78 is 7.32. The van der Waals surface area contributed by atoms with Crippen molar-refractivity contribution >= 4 is 15.9 Å². The number of hydrogen-bond donors (Lipinski definition) is 1. The van der Waals surface area contributed by atoms with Crippen molar-refractivity contribution in [1.82, 2.24) is 5.32 Å². The summed E-state index contributed by atoms with van der Waals surface area (Å²) in [4.78, 5) is 0. The lowest BCUT2D eigenvalue weighted by Crippen LogP contribution is -2.42. The Bertz CT molecular complexity index is 382. The van der Waals surface area contributed by atoms with Crippen molar-refractivity contribution in [2.45, 2.75) is 39.4 Å². The maximum absolute atomic E-state index is 6.21. The van der Waals surface area contributed by atoms with E-state index in [1.165, 1.54) is 5.56 Å². The summed E-state index contributed by atoms with van der Waals surface area (Å²) in [5.74, 6) is 0. The van der Waals surface area contributed by atoms with Crippen LogP contribution in [-0.2, 0) is 4.74 Å². The molecule has 0 aliphatic carbocycles. The fourth-order valence-corrected chi connectivity index (χ4v) is 2.65. The van der Waals surface area contributed by atoms with Gasteiger partial charge in [-0.25, -0.2) is 0 Å². The van der Waals surface area contributed by atoms with E-state index < -0.39 is 0 Å². The molecule has 0 spiro atoms. The van der Waals surface area contributed by atoms with Crippen molar-refractivity contribution < 1.29 is 4.74 Å². The van der Waals surface area contributed by atoms with Gasteiger partial charge in [-0.15, -0.1) is 0 Å². The first-order valence-electron chi connectivity index (χ1n) is 6.56. The van der Waals surface area contributed by atoms with Crippen LogP contribution in [0.3, 0.4) is 0 Å². The van der Waals surface area contributed by atoms with Gasteiger partial charge in [0, 0.05) is 17.6 Å². The fraction of sp³-hybridized carbons (Fsp3) is 0.600. The Balaban J connectivity index is 2.00. The molecule has 1 saturated heterocycles. The molecule has 2 rings (SSSR count). The normalized spacial score (nSPS) is 25.1. The maximum atomic E-state index is 6.21. The highest BCUT2D eigenvalue weighted by Gasteiger charge is 2.26. The molecule has 0 bridgehead atoms. The van der Waals surface area contributed by atoms with Gasteiger partial charge in [0.15, 0.2) is 0 Å². The fourth-order valence-electron chi connectivity index (χ4n) is 2.38. The average molecular weight is 312 g/mol. The minimum atomic E-state index is 0.180. The standard InChI is InChI=1S/C15H22BrNO/c1-15(2,3)8-13-9-17-10-14(18-13)11-4-6-12(16)7-5-11/h4-7,13-14,17H,8-10H2,1-3H3. The van der Waals surface area contributed by atoms with Crippen LogP contribution in [0.15, 0.2) is 28.7 Å². The van der Waals surface area contributed by atoms with Crippen molar-refractivity contribution in [2.75, 3.05) is 13.1 Å². The molecule has 0 aromatic heterocycles. The second-order valence-electron chi connectivity index (χ2n) is 6.22. The first-order chi connectivity index (χ1) is 8.44. The molecule has 100 valence electrons. The predicted octanol–water partition coefficient (Wildman–Crippen LogP) is 3.91. The molecule has 2 atom stereocenters. The van der Waals surface area contributed by atoms with Gasteiger partial charge < -0.3 is 10.1 Å². The van der Waals surface area contributed by atoms with E-state index in [0.717, 1.165) is 24.0 Å². The molecule has 1 N–H and O–H groups in total. The summed E-state index contributed by atoms with van der Waals surface area (Å²) in [6.07, 6.45) is 1.58. The van der Waals surface area contributed by atoms with Gasteiger partial charge in [0.25, 0.3) is 0 Å². The Hall–Kier alpha value is -0.380. The van der Waals surface area contributed by atoms with Crippen molar-refractivity contribution in [1.29, 1.82) is 0 Å². The molecule has 1 aromatic carbocycles. The summed E-state index contributed by atoms with van der Waals surface area (Å²) in [6, 6.07) is 8.42. The van der Waals surface area contributed by atoms with Crippen LogP contribution in [-0.4, -0.2) is 19.2 Å². The number of nitrogens with one attached hydrogen (secondary N) is 1. The summed E-state index contributed by atoms with van der Waals surface area (Å²) in [5, 5.41) is 3.48. The molecule has 2 nitrogen and oxygen atoms in total. The highest BCUT2D eigenvalue weighted by molar-refractivity contribution is 9.10. The van der Waals surface area contributed by atoms with Gasteiger partial charge in [-0.2, -0.15) is 0 Å². The van der Waals surface area contributed by atoms with Gasteiger partial charge in [-0.1, -0.05) is 48.8 Å². The van der Waals surface area contributed by atoms with E-state index in [4.69, 9.17) is 4.74 Å². The van der Waals surface area contributed by atoms with Crippen LogP contribution in [0, 0.1) is 5.41 Å². The quantitative estimate of drug-likeness (QED) is 0.894. The number of rotatable bonds is 2. The molecule has 18 heavy (non-hydrogen) atoms. The van der Waals surface area contributed by atoms with Crippen molar-refractivity contribution in [3.8, 4) is 0 Å². The highest BCUT2D eigenvalue weighted by Crippen LogP contribution is 2.29. The molecule has 0 saturated carbocycles. The number of morpholine rings is 1. The number of ether oxygens (including phenoxy) is 1. The summed E-state index contributed by atoms with van der Waals surface area (Å²) in [5.41, 5.74) is 1.57. The molecular weight excluding hydrogens is 290 g/mol. The second kappa shape index (κ2) is 5.72. The molecule has 0 amide bonds. The van der Waals surface area contributed by atoms with Crippen LogP contribution in [0.1, 0.15) is 38.9 Å². The van der Waals surface area contributed by atoms with Crippen LogP contribution < -0.4 is 5.32 Å². The monoisotopic (exact) mass is 311 g/mol. The summed E-state index contributed by atoms with van der Waals surface area (Å²) in [6.45, 7) is 8.66. The molecule has 2 unspecified atom stereocenters. The van der Waals surface area contributed by atoms with Gasteiger partial charge >= 0.3 is 0 Å². The molecular formula is C15H22BrNO. The van der Waals surface area contributed by atoms with E-state index in [-0.39, 0.29) is 6.10 Å². The second-order valence-corrected chi connectivity index (χ2v) is 7.14. The Morgan fingerprint density at radius 2 is 1.89 bits per heavy atom. The molecule has 1 heterocycles. The Kier molecular flexibility index (Phi) is 4.46. The van der Waals surface area contributed by atoms with Gasteiger partial charge in [-0.3, -0.25) is 0 Å². The van der Waals surface area contributed by atoms with Crippen LogP contribution in [0.4, 0.5) is 0 Å². The van der Waals surface area contributed by atoms with Crippen LogP contribution in [0.25, 0.3) is 0 Å². The molecule has 1 aliphatic heterocycles. The van der Waals surface area contributed by atoms with Gasteiger partial charge in [0.05, 0.1) is 12.2 Å². The van der Waals surface area contributed by atoms with E-state index in [0.29, 0.717) is 11.5 Å². The number of halogens is 1. The number of benzene rings is 1. The Labute approximate surface area is 118 Å². The molecule has 1 aliphatic rings. The van der Waals surface area contributed by atoms with Gasteiger partial charge in [-0.05, 0) is 29.5 Å². The van der Waals surface area contributed by atoms with Crippen LogP contribution in [0.2, 0.25) is 0 Å². The van der Waals surface area contributed by atoms with E-state index >= 15 is 0 Å². The van der Waals surface area contributed by atoms with Crippen molar-refractivity contribution in [3.05, 3.63) is 34.3 Å². The largest absolute Gasteiger partial charge is 0.368 e. The van der Waals surface area contributed by atoms with Gasteiger partial charge in [0.1, 0.15) is 0 Å². The zero-order valence-corrected chi connectivity index (χ0v) is 13.0. The smallest absolute Gasteiger partial charge is 0.0953 e. The topological polar surface area (TPSA) is 21.3 Å². The van der Waals surface area contributed by atoms with E-state index in [1.807, 2.05) is 0 Å². The summed E-state index contributed by atoms with van der Waals surface area (Å²) in [7, 11) is 0. The molecule has 1 fully saturated rings. The van der Waals surface area contributed by atoms with Crippen LogP contribution >= 0.6 is 15.9 Å². The zero-order valence-electron chi connectivity index (χ0n) is 11.4. The van der Waals surface area contributed by atoms with Gasteiger partial charge in [0.2, 0.25) is 0 Å². The maximum Gasteiger partial charge on any atom is 0.0953 e. The minimum Gasteiger partial charge on any atom is -0.368 e. The lowest BCUT2D eigenvalue weighted by molar-refractivity contribution is -0.0552. The third-order valence-electron chi connectivity index (χ3n) is 3.14. The van der Waals surface area contributed by atoms with Crippen molar-refractivity contribution in [2.24, 2.45) is 5.41 Å². The highest BCUT2D eigenvalue weighted by atomic mass is 79.9. The Morgan fingerprint density at radius 3 is 2.50 bits per heavy atom. The first kappa shape index (κ1) is 14.0. The van der Waals surface area contributed by atoms with E-state index in [9.17, 15) is 0 Å². The Morgan fingerprint density at radius 1 is 1.22 bits per heavy atom. The molecule has 3 heteroatoms.